The summed E-state index contributed by atoms with van der Waals surface area (Å²) in [5.41, 5.74) is 4.88. The molecule has 48 heavy (non-hydrogen) atoms. The number of carbonyl (C=O) groups excluding carboxylic acids is 1. The van der Waals surface area contributed by atoms with Crippen molar-refractivity contribution in [2.45, 2.75) is 72.4 Å². The van der Waals surface area contributed by atoms with Gasteiger partial charge in [-0.05, 0) is 60.4 Å². The summed E-state index contributed by atoms with van der Waals surface area (Å²) in [7, 11) is -3.54. The molecule has 2 aliphatic rings. The van der Waals surface area contributed by atoms with Crippen LogP contribution in [0, 0.1) is 24.7 Å². The van der Waals surface area contributed by atoms with Crippen LogP contribution in [0.15, 0.2) is 70.2 Å². The van der Waals surface area contributed by atoms with Gasteiger partial charge in [-0.2, -0.15) is 4.98 Å². The minimum absolute atomic E-state index is 0.0584. The van der Waals surface area contributed by atoms with Gasteiger partial charge in [0.05, 0.1) is 41.3 Å². The number of aromatic nitrogens is 4. The molecule has 1 amide bonds. The Hall–Kier alpha value is -4.42. The molecule has 2 aromatic carbocycles. The molecule has 1 unspecified atom stereocenters. The highest BCUT2D eigenvalue weighted by atomic mass is 32.2. The summed E-state index contributed by atoms with van der Waals surface area (Å²) in [5.74, 6) is 0.407. The van der Waals surface area contributed by atoms with Crippen LogP contribution >= 0.6 is 0 Å². The van der Waals surface area contributed by atoms with Gasteiger partial charge in [0.25, 0.3) is 11.9 Å². The molecule has 4 bridgehead atoms. The fourth-order valence-corrected chi connectivity index (χ4v) is 7.45. The number of hydrogen-bond acceptors (Lipinski definition) is 9. The molecule has 0 aliphatic carbocycles. The second-order valence-corrected chi connectivity index (χ2v) is 16.7. The summed E-state index contributed by atoms with van der Waals surface area (Å²) in [6.07, 6.45) is 4.25. The van der Waals surface area contributed by atoms with Crippen molar-refractivity contribution in [1.82, 2.24) is 24.8 Å². The Labute approximate surface area is 283 Å². The first-order valence-corrected chi connectivity index (χ1v) is 17.8. The SMILES string of the molecule is Cc1cccc(C)c1-c1cc2nc(n1)N=S(N)(=O)c1cccc(c1)C(=O)N(Cc1ncc(N3CC(C)(C)C3)cn1)[C@H](CC(C)(C)C)CO2. The van der Waals surface area contributed by atoms with E-state index in [0.29, 0.717) is 23.5 Å². The molecule has 2 N–H and O–H groups in total. The Kier molecular flexibility index (Phi) is 8.76. The van der Waals surface area contributed by atoms with Gasteiger partial charge in [0.2, 0.25) is 5.88 Å². The molecule has 2 aromatic heterocycles. The highest BCUT2D eigenvalue weighted by molar-refractivity contribution is 7.91. The van der Waals surface area contributed by atoms with Crippen LogP contribution in [-0.2, 0) is 16.5 Å². The van der Waals surface area contributed by atoms with Gasteiger partial charge in [-0.3, -0.25) is 4.79 Å². The van der Waals surface area contributed by atoms with E-state index in [9.17, 15) is 9.00 Å². The summed E-state index contributed by atoms with van der Waals surface area (Å²) >= 11 is 0. The first kappa shape index (κ1) is 33.5. The summed E-state index contributed by atoms with van der Waals surface area (Å²) in [6.45, 7) is 17.0. The second-order valence-electron chi connectivity index (χ2n) is 14.9. The van der Waals surface area contributed by atoms with Crippen LogP contribution in [0.4, 0.5) is 11.6 Å². The zero-order chi connectivity index (χ0) is 34.4. The van der Waals surface area contributed by atoms with Crippen molar-refractivity contribution in [2.24, 2.45) is 20.3 Å². The fraction of sp³-hybridized carbons (Fsp3) is 0.417. The van der Waals surface area contributed by atoms with Gasteiger partial charge in [0, 0.05) is 30.3 Å². The molecule has 2 atom stereocenters. The Bertz CT molecular complexity index is 1950. The number of benzene rings is 2. The fourth-order valence-electron chi connectivity index (χ4n) is 6.45. The van der Waals surface area contributed by atoms with E-state index >= 15 is 0 Å². The highest BCUT2D eigenvalue weighted by Gasteiger charge is 2.35. The van der Waals surface area contributed by atoms with Crippen molar-refractivity contribution in [2.75, 3.05) is 24.6 Å². The van der Waals surface area contributed by atoms with Crippen molar-refractivity contribution in [3.63, 3.8) is 0 Å². The lowest BCUT2D eigenvalue weighted by Crippen LogP contribution is -2.53. The second kappa shape index (κ2) is 12.6. The van der Waals surface area contributed by atoms with Crippen molar-refractivity contribution in [1.29, 1.82) is 0 Å². The predicted molar refractivity (Wildman–Crippen MR) is 187 cm³/mol. The Morgan fingerprint density at radius 1 is 1.00 bits per heavy atom. The van der Waals surface area contributed by atoms with E-state index in [4.69, 9.17) is 9.88 Å². The molecule has 4 heterocycles. The summed E-state index contributed by atoms with van der Waals surface area (Å²) < 4.78 is 24.7. The summed E-state index contributed by atoms with van der Waals surface area (Å²) in [4.78, 5) is 37.2. The van der Waals surface area contributed by atoms with Crippen molar-refractivity contribution in [3.05, 3.63) is 83.4 Å². The number of nitrogens with zero attached hydrogens (tertiary/aromatic N) is 7. The first-order valence-electron chi connectivity index (χ1n) is 16.2. The van der Waals surface area contributed by atoms with Crippen LogP contribution in [0.25, 0.3) is 11.3 Å². The van der Waals surface area contributed by atoms with Crippen molar-refractivity contribution in [3.8, 4) is 17.1 Å². The number of fused-ring (bicyclic) bond motifs is 4. The topological polar surface area (TPSA) is 140 Å². The number of nitrogens with two attached hydrogens (primary N) is 1. The summed E-state index contributed by atoms with van der Waals surface area (Å²) in [5, 5.41) is 6.37. The maximum Gasteiger partial charge on any atom is 0.262 e. The van der Waals surface area contributed by atoms with Crippen LogP contribution in [0.2, 0.25) is 0 Å². The number of ether oxygens (including phenoxy) is 1. The zero-order valence-corrected chi connectivity index (χ0v) is 29.5. The molecule has 252 valence electrons. The van der Waals surface area contributed by atoms with Crippen molar-refractivity contribution >= 4 is 27.5 Å². The molecule has 6 rings (SSSR count). The van der Waals surface area contributed by atoms with Crippen molar-refractivity contribution < 1.29 is 13.7 Å². The maximum atomic E-state index is 14.4. The van der Waals surface area contributed by atoms with Gasteiger partial charge in [0.1, 0.15) is 22.3 Å². The normalized spacial score (nSPS) is 20.8. The molecule has 0 spiro atoms. The lowest BCUT2D eigenvalue weighted by molar-refractivity contribution is 0.0505. The van der Waals surface area contributed by atoms with Gasteiger partial charge in [-0.25, -0.2) is 24.3 Å². The van der Waals surface area contributed by atoms with E-state index in [1.54, 1.807) is 35.2 Å². The third-order valence-corrected chi connectivity index (χ3v) is 10.0. The number of anilines is 1. The van der Waals surface area contributed by atoms with E-state index in [2.05, 4.69) is 63.8 Å². The number of amides is 1. The van der Waals surface area contributed by atoms with Crippen LogP contribution in [0.1, 0.15) is 68.3 Å². The standard InChI is InChI=1S/C36H44N8O3S/c1-23-10-8-11-24(2)32(23)29-15-31-41-34(40-29)42-48(37,46)28-13-9-12-25(14-28)33(45)44(26(20-47-31)16-35(3,4)5)19-30-38-17-27(18-39-30)43-21-36(6,7)22-43/h8-15,17-18,26H,16,19-22H2,1-7H3,(H2,37,40,41,42,46)/t26-,48?/m1/s1. The van der Waals surface area contributed by atoms with Gasteiger partial charge in [-0.15, -0.1) is 4.36 Å². The van der Waals surface area contributed by atoms with E-state index < -0.39 is 16.0 Å². The molecule has 2 aliphatic heterocycles. The molecule has 1 fully saturated rings. The van der Waals surface area contributed by atoms with Gasteiger partial charge >= 0.3 is 0 Å². The molecule has 12 heteroatoms. The average molecular weight is 669 g/mol. The molecule has 11 nitrogen and oxygen atoms in total. The van der Waals surface area contributed by atoms with Crippen LogP contribution in [0.3, 0.4) is 0 Å². The molecular weight excluding hydrogens is 625 g/mol. The number of carbonyl (C=O) groups is 1. The molecule has 0 radical (unpaired) electrons. The van der Waals surface area contributed by atoms with Crippen LogP contribution < -0.4 is 14.8 Å². The van der Waals surface area contributed by atoms with E-state index in [1.807, 2.05) is 44.4 Å². The zero-order valence-electron chi connectivity index (χ0n) is 28.7. The highest BCUT2D eigenvalue weighted by Crippen LogP contribution is 2.34. The van der Waals surface area contributed by atoms with E-state index in [-0.39, 0.29) is 46.6 Å². The third-order valence-electron chi connectivity index (χ3n) is 8.64. The first-order chi connectivity index (χ1) is 22.6. The molecular formula is C36H44N8O3S. The van der Waals surface area contributed by atoms with Crippen LogP contribution in [-0.4, -0.2) is 60.7 Å². The lowest BCUT2D eigenvalue weighted by atomic mass is 9.84. The summed E-state index contributed by atoms with van der Waals surface area (Å²) in [6, 6.07) is 13.8. The Morgan fingerprint density at radius 2 is 1.67 bits per heavy atom. The predicted octanol–water partition coefficient (Wildman–Crippen LogP) is 6.27. The van der Waals surface area contributed by atoms with E-state index in [0.717, 1.165) is 35.5 Å². The van der Waals surface area contributed by atoms with Gasteiger partial charge < -0.3 is 14.5 Å². The third kappa shape index (κ3) is 7.34. The van der Waals surface area contributed by atoms with Gasteiger partial charge in [0.15, 0.2) is 0 Å². The number of aryl methyl sites for hydroxylation is 2. The molecule has 4 aromatic rings. The van der Waals surface area contributed by atoms with E-state index in [1.165, 1.54) is 0 Å². The Balaban J connectivity index is 1.45. The van der Waals surface area contributed by atoms with Crippen LogP contribution in [0.5, 0.6) is 5.88 Å². The average Bonchev–Trinajstić information content (AvgIpc) is 3.00. The lowest BCUT2D eigenvalue weighted by Gasteiger charge is -2.47. The maximum absolute atomic E-state index is 14.4. The largest absolute Gasteiger partial charge is 0.475 e. The molecule has 1 saturated heterocycles. The smallest absolute Gasteiger partial charge is 0.262 e. The Morgan fingerprint density at radius 3 is 2.31 bits per heavy atom. The monoisotopic (exact) mass is 668 g/mol. The van der Waals surface area contributed by atoms with Gasteiger partial charge in [-0.1, -0.05) is 58.9 Å². The minimum atomic E-state index is -3.54. The quantitative estimate of drug-likeness (QED) is 0.263. The number of hydrogen-bond donors (Lipinski definition) is 1. The minimum Gasteiger partial charge on any atom is -0.475 e. The number of rotatable bonds is 5. The molecule has 0 saturated carbocycles.